The van der Waals surface area contributed by atoms with E-state index >= 15 is 0 Å². The van der Waals surface area contributed by atoms with Crippen LogP contribution >= 0.6 is 12.4 Å². The number of hydrogen-bond acceptors (Lipinski definition) is 5. The summed E-state index contributed by atoms with van der Waals surface area (Å²) >= 11 is 0. The zero-order valence-corrected chi connectivity index (χ0v) is 17.5. The second-order valence-corrected chi connectivity index (χ2v) is 7.71. The molecule has 3 rings (SSSR count). The molecule has 0 bridgehead atoms. The first kappa shape index (κ1) is 22.3. The lowest BCUT2D eigenvalue weighted by molar-refractivity contribution is -0.131. The van der Waals surface area contributed by atoms with Gasteiger partial charge in [-0.25, -0.2) is 0 Å². The van der Waals surface area contributed by atoms with Crippen LogP contribution in [0.25, 0.3) is 0 Å². The lowest BCUT2D eigenvalue weighted by atomic mass is 9.74. The van der Waals surface area contributed by atoms with Crippen LogP contribution in [0.15, 0.2) is 18.2 Å². The number of benzene rings is 1. The van der Waals surface area contributed by atoms with Crippen molar-refractivity contribution in [1.82, 2.24) is 5.32 Å². The highest BCUT2D eigenvalue weighted by molar-refractivity contribution is 6.01. The van der Waals surface area contributed by atoms with Crippen molar-refractivity contribution in [3.8, 4) is 11.5 Å². The highest BCUT2D eigenvalue weighted by atomic mass is 35.5. The van der Waals surface area contributed by atoms with Crippen molar-refractivity contribution >= 4 is 29.9 Å². The summed E-state index contributed by atoms with van der Waals surface area (Å²) in [6.45, 7) is 2.46. The van der Waals surface area contributed by atoms with Crippen LogP contribution in [0, 0.1) is 5.92 Å². The summed E-state index contributed by atoms with van der Waals surface area (Å²) in [5.74, 6) is 0.762. The lowest BCUT2D eigenvalue weighted by Crippen LogP contribution is -2.55. The van der Waals surface area contributed by atoms with Crippen LogP contribution in [0.1, 0.15) is 39.0 Å². The van der Waals surface area contributed by atoms with Gasteiger partial charge in [0.15, 0.2) is 0 Å². The van der Waals surface area contributed by atoms with Gasteiger partial charge in [0.05, 0.1) is 25.8 Å². The van der Waals surface area contributed by atoms with E-state index < -0.39 is 11.6 Å². The van der Waals surface area contributed by atoms with E-state index in [-0.39, 0.29) is 30.1 Å². The fraction of sp³-hybridized carbons (Fsp3) is 0.600. The van der Waals surface area contributed by atoms with Crippen LogP contribution in [0.4, 0.5) is 5.69 Å². The van der Waals surface area contributed by atoms with Crippen molar-refractivity contribution in [3.05, 3.63) is 18.2 Å². The average molecular weight is 412 g/mol. The van der Waals surface area contributed by atoms with Crippen molar-refractivity contribution in [2.45, 2.75) is 50.6 Å². The summed E-state index contributed by atoms with van der Waals surface area (Å²) in [6.07, 6.45) is 4.22. The molecule has 1 saturated carbocycles. The summed E-state index contributed by atoms with van der Waals surface area (Å²) < 4.78 is 10.6. The summed E-state index contributed by atoms with van der Waals surface area (Å²) in [5, 5.41) is 2.94. The summed E-state index contributed by atoms with van der Waals surface area (Å²) in [7, 11) is 3.14. The van der Waals surface area contributed by atoms with Gasteiger partial charge in [-0.15, -0.1) is 12.4 Å². The minimum absolute atomic E-state index is 0. The van der Waals surface area contributed by atoms with Crippen LogP contribution in [-0.4, -0.2) is 44.2 Å². The van der Waals surface area contributed by atoms with Crippen LogP contribution in [-0.2, 0) is 9.59 Å². The second kappa shape index (κ2) is 9.01. The maximum absolute atomic E-state index is 12.9. The fourth-order valence-corrected chi connectivity index (χ4v) is 4.08. The molecule has 2 amide bonds. The topological polar surface area (TPSA) is 93.9 Å². The number of ether oxygens (including phenoxy) is 2. The molecule has 7 nitrogen and oxygen atoms in total. The molecule has 156 valence electrons. The number of halogens is 1. The number of methoxy groups -OCH3 is 2. The molecule has 1 aromatic rings. The number of amides is 2. The maximum Gasteiger partial charge on any atom is 0.249 e. The maximum atomic E-state index is 12.9. The predicted octanol–water partition coefficient (Wildman–Crippen LogP) is 2.25. The molecule has 2 fully saturated rings. The number of nitrogens with one attached hydrogen (secondary N) is 1. The van der Waals surface area contributed by atoms with E-state index in [0.717, 1.165) is 25.7 Å². The minimum Gasteiger partial charge on any atom is -0.497 e. The number of nitrogens with zero attached hydrogens (tertiary/aromatic N) is 1. The average Bonchev–Trinajstić information content (AvgIpc) is 3.01. The Bertz CT molecular complexity index is 703. The van der Waals surface area contributed by atoms with Crippen molar-refractivity contribution in [1.29, 1.82) is 0 Å². The summed E-state index contributed by atoms with van der Waals surface area (Å²) in [6, 6.07) is 4.83. The van der Waals surface area contributed by atoms with E-state index in [0.29, 0.717) is 30.2 Å². The van der Waals surface area contributed by atoms with Gasteiger partial charge in [-0.2, -0.15) is 0 Å². The van der Waals surface area contributed by atoms with Crippen molar-refractivity contribution in [2.24, 2.45) is 11.7 Å². The second-order valence-electron chi connectivity index (χ2n) is 7.71. The highest BCUT2D eigenvalue weighted by Gasteiger charge is 2.41. The molecule has 1 saturated heterocycles. The standard InChI is InChI=1S/C20H29N3O4.ClH/c1-20(21)8-5-4-6-16(20)18(24)22-17-7-9-23(19(17)25)13-10-14(26-2)12-15(11-13)27-3;/h10-12,16-17H,4-9,21H2,1-3H3,(H,22,24);1H. The molecule has 0 aromatic heterocycles. The molecular weight excluding hydrogens is 382 g/mol. The monoisotopic (exact) mass is 411 g/mol. The normalized spacial score (nSPS) is 27.1. The number of carbonyl (C=O) groups is 2. The molecule has 3 unspecified atom stereocenters. The fourth-order valence-electron chi connectivity index (χ4n) is 4.08. The first-order valence-electron chi connectivity index (χ1n) is 9.49. The quantitative estimate of drug-likeness (QED) is 0.775. The van der Waals surface area contributed by atoms with Crippen LogP contribution in [0.3, 0.4) is 0 Å². The van der Waals surface area contributed by atoms with Gasteiger partial charge in [-0.05, 0) is 26.2 Å². The predicted molar refractivity (Wildman–Crippen MR) is 110 cm³/mol. The first-order chi connectivity index (χ1) is 12.9. The lowest BCUT2D eigenvalue weighted by Gasteiger charge is -2.37. The SMILES string of the molecule is COc1cc(OC)cc(N2CCC(NC(=O)C3CCCCC3(C)N)C2=O)c1.Cl. The number of nitrogens with two attached hydrogens (primary N) is 1. The van der Waals surface area contributed by atoms with Crippen LogP contribution in [0.5, 0.6) is 11.5 Å². The number of anilines is 1. The molecule has 1 heterocycles. The van der Waals surface area contributed by atoms with Gasteiger partial charge in [-0.1, -0.05) is 12.8 Å². The van der Waals surface area contributed by atoms with Crippen LogP contribution < -0.4 is 25.4 Å². The Morgan fingerprint density at radius 3 is 2.39 bits per heavy atom. The van der Waals surface area contributed by atoms with E-state index in [9.17, 15) is 9.59 Å². The van der Waals surface area contributed by atoms with Gasteiger partial charge in [0.25, 0.3) is 0 Å². The van der Waals surface area contributed by atoms with Crippen molar-refractivity contribution < 1.29 is 19.1 Å². The van der Waals surface area contributed by atoms with Gasteiger partial charge < -0.3 is 25.4 Å². The third kappa shape index (κ3) is 4.52. The molecule has 3 N–H and O–H groups in total. The van der Waals surface area contributed by atoms with Gasteiger partial charge in [0.1, 0.15) is 17.5 Å². The Labute approximate surface area is 172 Å². The minimum atomic E-state index is -0.521. The molecule has 1 aromatic carbocycles. The molecule has 1 aliphatic carbocycles. The van der Waals surface area contributed by atoms with Crippen LogP contribution in [0.2, 0.25) is 0 Å². The smallest absolute Gasteiger partial charge is 0.249 e. The molecule has 28 heavy (non-hydrogen) atoms. The first-order valence-corrected chi connectivity index (χ1v) is 9.49. The molecule has 2 aliphatic rings. The third-order valence-electron chi connectivity index (χ3n) is 5.74. The molecule has 0 spiro atoms. The van der Waals surface area contributed by atoms with Crippen molar-refractivity contribution in [2.75, 3.05) is 25.7 Å². The van der Waals surface area contributed by atoms with Gasteiger partial charge >= 0.3 is 0 Å². The van der Waals surface area contributed by atoms with Crippen molar-refractivity contribution in [3.63, 3.8) is 0 Å². The van der Waals surface area contributed by atoms with Gasteiger partial charge in [0.2, 0.25) is 11.8 Å². The number of rotatable bonds is 5. The highest BCUT2D eigenvalue weighted by Crippen LogP contribution is 2.33. The zero-order chi connectivity index (χ0) is 19.6. The van der Waals surface area contributed by atoms with E-state index in [1.165, 1.54) is 0 Å². The molecule has 1 aliphatic heterocycles. The third-order valence-corrected chi connectivity index (χ3v) is 5.74. The van der Waals surface area contributed by atoms with E-state index in [4.69, 9.17) is 15.2 Å². The Morgan fingerprint density at radius 1 is 1.18 bits per heavy atom. The van der Waals surface area contributed by atoms with Gasteiger partial charge in [-0.3, -0.25) is 9.59 Å². The molecule has 0 radical (unpaired) electrons. The van der Waals surface area contributed by atoms with E-state index in [2.05, 4.69) is 5.32 Å². The Kier molecular flexibility index (Phi) is 7.17. The Morgan fingerprint density at radius 2 is 1.82 bits per heavy atom. The number of hydrogen-bond donors (Lipinski definition) is 2. The summed E-state index contributed by atoms with van der Waals surface area (Å²) in [5.41, 5.74) is 6.52. The molecule has 3 atom stereocenters. The molecule has 8 heteroatoms. The molecular formula is C20H30ClN3O4. The largest absolute Gasteiger partial charge is 0.497 e. The van der Waals surface area contributed by atoms with E-state index in [1.54, 1.807) is 37.3 Å². The van der Waals surface area contributed by atoms with Gasteiger partial charge in [0, 0.05) is 30.3 Å². The zero-order valence-electron chi connectivity index (χ0n) is 16.7. The Balaban J connectivity index is 0.00000280. The van der Waals surface area contributed by atoms with E-state index in [1.807, 2.05) is 6.92 Å². The Hall–Kier alpha value is -1.99. The summed E-state index contributed by atoms with van der Waals surface area (Å²) in [4.78, 5) is 27.3. The number of carbonyl (C=O) groups excluding carboxylic acids is 2.